The Kier molecular flexibility index (Phi) is 9.89. The summed E-state index contributed by atoms with van der Waals surface area (Å²) < 4.78 is 29.7. The van der Waals surface area contributed by atoms with Crippen LogP contribution in [0.15, 0.2) is 58.0 Å². The molecule has 0 aliphatic carbocycles. The van der Waals surface area contributed by atoms with Crippen molar-refractivity contribution in [2.75, 3.05) is 24.7 Å². The molecule has 33 heavy (non-hydrogen) atoms. The summed E-state index contributed by atoms with van der Waals surface area (Å²) in [5.74, 6) is -0.0633. The quantitative estimate of drug-likeness (QED) is 0.357. The van der Waals surface area contributed by atoms with E-state index < -0.39 is 15.1 Å². The maximum Gasteiger partial charge on any atom is 0.371 e. The number of thioether (sulfide) groups is 1. The summed E-state index contributed by atoms with van der Waals surface area (Å²) in [4.78, 5) is 30.1. The molecule has 1 aromatic carbocycles. The van der Waals surface area contributed by atoms with Crippen molar-refractivity contribution >= 4 is 39.1 Å². The minimum atomic E-state index is -3.58. The van der Waals surface area contributed by atoms with Gasteiger partial charge in [0.2, 0.25) is 6.41 Å². The zero-order valence-corrected chi connectivity index (χ0v) is 20.1. The van der Waals surface area contributed by atoms with E-state index in [0.717, 1.165) is 5.69 Å². The SMILES string of the molecule is CC(=C(CCO)SC(=O)OCCS(=O)(=O)c1ccccc1)N(C=O)Cc1ccc(C)nc1N. The van der Waals surface area contributed by atoms with E-state index in [1.54, 1.807) is 44.2 Å². The highest BCUT2D eigenvalue weighted by Crippen LogP contribution is 2.28. The third-order valence-corrected chi connectivity index (χ3v) is 7.40. The number of ether oxygens (including phenoxy) is 1. The van der Waals surface area contributed by atoms with Crippen LogP contribution in [0, 0.1) is 6.92 Å². The van der Waals surface area contributed by atoms with Crippen LogP contribution in [0.1, 0.15) is 24.6 Å². The number of aromatic nitrogens is 1. The Morgan fingerprint density at radius 3 is 2.55 bits per heavy atom. The monoisotopic (exact) mass is 493 g/mol. The Hall–Kier alpha value is -2.89. The first kappa shape index (κ1) is 26.4. The number of aliphatic hydroxyl groups is 1. The van der Waals surface area contributed by atoms with Gasteiger partial charge < -0.3 is 20.5 Å². The summed E-state index contributed by atoms with van der Waals surface area (Å²) >= 11 is 0.701. The van der Waals surface area contributed by atoms with Crippen molar-refractivity contribution in [3.8, 4) is 0 Å². The molecule has 0 aliphatic rings. The summed E-state index contributed by atoms with van der Waals surface area (Å²) in [7, 11) is -3.58. The molecule has 0 spiro atoms. The van der Waals surface area contributed by atoms with Gasteiger partial charge in [-0.1, -0.05) is 24.3 Å². The lowest BCUT2D eigenvalue weighted by Gasteiger charge is -2.22. The molecule has 0 radical (unpaired) electrons. The average molecular weight is 494 g/mol. The number of hydrogen-bond acceptors (Lipinski definition) is 9. The van der Waals surface area contributed by atoms with Crippen LogP contribution in [-0.4, -0.2) is 54.1 Å². The van der Waals surface area contributed by atoms with Gasteiger partial charge in [0, 0.05) is 34.9 Å². The summed E-state index contributed by atoms with van der Waals surface area (Å²) in [5, 5.41) is 8.68. The topological polar surface area (TPSA) is 140 Å². The molecule has 3 N–H and O–H groups in total. The predicted octanol–water partition coefficient (Wildman–Crippen LogP) is 2.89. The lowest BCUT2D eigenvalue weighted by Crippen LogP contribution is -2.22. The van der Waals surface area contributed by atoms with E-state index in [9.17, 15) is 23.1 Å². The average Bonchev–Trinajstić information content (AvgIpc) is 2.78. The number of allylic oxidation sites excluding steroid dienone is 1. The Morgan fingerprint density at radius 2 is 1.94 bits per heavy atom. The van der Waals surface area contributed by atoms with E-state index in [1.807, 2.05) is 0 Å². The Balaban J connectivity index is 2.05. The Bertz CT molecular complexity index is 1100. The number of sulfone groups is 1. The number of amides is 1. The number of nitrogens with zero attached hydrogens (tertiary/aromatic N) is 2. The van der Waals surface area contributed by atoms with Crippen molar-refractivity contribution < 1.29 is 27.9 Å². The van der Waals surface area contributed by atoms with E-state index in [-0.39, 0.29) is 36.8 Å². The summed E-state index contributed by atoms with van der Waals surface area (Å²) in [6.07, 6.45) is 0.713. The van der Waals surface area contributed by atoms with Crippen molar-refractivity contribution in [2.45, 2.75) is 31.7 Å². The minimum absolute atomic E-state index is 0.111. The van der Waals surface area contributed by atoms with Crippen LogP contribution >= 0.6 is 11.8 Å². The van der Waals surface area contributed by atoms with Crippen molar-refractivity contribution in [1.82, 2.24) is 9.88 Å². The molecule has 0 atom stereocenters. The number of hydrogen-bond donors (Lipinski definition) is 2. The van der Waals surface area contributed by atoms with Crippen LogP contribution in [-0.2, 0) is 25.9 Å². The molecule has 0 aliphatic heterocycles. The summed E-state index contributed by atoms with van der Waals surface area (Å²) in [6.45, 7) is 2.99. The van der Waals surface area contributed by atoms with Gasteiger partial charge in [-0.3, -0.25) is 4.79 Å². The van der Waals surface area contributed by atoms with E-state index in [0.29, 0.717) is 40.2 Å². The maximum absolute atomic E-state index is 12.3. The number of aryl methyl sites for hydroxylation is 1. The predicted molar refractivity (Wildman–Crippen MR) is 127 cm³/mol. The van der Waals surface area contributed by atoms with Gasteiger partial charge in [-0.15, -0.1) is 0 Å². The molecule has 0 saturated heterocycles. The third-order valence-electron chi connectivity index (χ3n) is 4.67. The number of carbonyl (C=O) groups excluding carboxylic acids is 2. The number of anilines is 1. The number of carbonyl (C=O) groups is 2. The number of nitrogens with two attached hydrogens (primary N) is 1. The minimum Gasteiger partial charge on any atom is -0.456 e. The van der Waals surface area contributed by atoms with Gasteiger partial charge >= 0.3 is 5.30 Å². The number of nitrogen functional groups attached to an aromatic ring is 1. The molecule has 9 nitrogen and oxygen atoms in total. The second kappa shape index (κ2) is 12.4. The molecule has 2 rings (SSSR count). The summed E-state index contributed by atoms with van der Waals surface area (Å²) in [5.41, 5.74) is 7.75. The first-order valence-electron chi connectivity index (χ1n) is 10.0. The highest BCUT2D eigenvalue weighted by molar-refractivity contribution is 8.16. The molecule has 178 valence electrons. The number of benzene rings is 1. The largest absolute Gasteiger partial charge is 0.456 e. The molecule has 0 saturated carbocycles. The first-order chi connectivity index (χ1) is 15.7. The fourth-order valence-electron chi connectivity index (χ4n) is 2.84. The second-order valence-corrected chi connectivity index (χ2v) is 10.2. The van der Waals surface area contributed by atoms with E-state index in [2.05, 4.69) is 4.98 Å². The molecule has 1 amide bonds. The highest BCUT2D eigenvalue weighted by Gasteiger charge is 2.19. The van der Waals surface area contributed by atoms with Crippen LogP contribution in [0.2, 0.25) is 0 Å². The van der Waals surface area contributed by atoms with Crippen LogP contribution in [0.4, 0.5) is 10.6 Å². The zero-order valence-electron chi connectivity index (χ0n) is 18.4. The lowest BCUT2D eigenvalue weighted by molar-refractivity contribution is -0.116. The van der Waals surface area contributed by atoms with Gasteiger partial charge in [0.15, 0.2) is 9.84 Å². The van der Waals surface area contributed by atoms with Crippen molar-refractivity contribution in [1.29, 1.82) is 0 Å². The molecule has 11 heteroatoms. The molecular weight excluding hydrogens is 466 g/mol. The maximum atomic E-state index is 12.3. The first-order valence-corrected chi connectivity index (χ1v) is 12.5. The summed E-state index contributed by atoms with van der Waals surface area (Å²) in [6, 6.07) is 11.4. The molecule has 1 aromatic heterocycles. The van der Waals surface area contributed by atoms with Crippen molar-refractivity contribution in [3.05, 3.63) is 64.3 Å². The molecule has 0 fully saturated rings. The Morgan fingerprint density at radius 1 is 1.24 bits per heavy atom. The second-order valence-electron chi connectivity index (χ2n) is 7.04. The van der Waals surface area contributed by atoms with E-state index >= 15 is 0 Å². The fraction of sp³-hybridized carbons (Fsp3) is 0.318. The van der Waals surface area contributed by atoms with Gasteiger partial charge in [-0.2, -0.15) is 0 Å². The van der Waals surface area contributed by atoms with Gasteiger partial charge in [-0.05, 0) is 43.8 Å². The van der Waals surface area contributed by atoms with Crippen LogP contribution in [0.5, 0.6) is 0 Å². The fourth-order valence-corrected chi connectivity index (χ4v) is 4.75. The standard InChI is InChI=1S/C22H27N3O6S2/c1-16-8-9-18(21(23)24-16)14-25(15-27)17(2)20(10-11-26)32-22(28)31-12-13-33(29,30)19-6-4-3-5-7-19/h3-9,15,26H,10-14H2,1-2H3,(H2,23,24). The number of pyridine rings is 1. The van der Waals surface area contributed by atoms with E-state index in [1.165, 1.54) is 17.0 Å². The van der Waals surface area contributed by atoms with Crippen molar-refractivity contribution in [2.24, 2.45) is 0 Å². The Labute approximate surface area is 197 Å². The molecule has 1 heterocycles. The van der Waals surface area contributed by atoms with E-state index in [4.69, 9.17) is 10.5 Å². The van der Waals surface area contributed by atoms with Crippen LogP contribution in [0.25, 0.3) is 0 Å². The van der Waals surface area contributed by atoms with Gasteiger partial charge in [0.05, 0.1) is 17.2 Å². The molecule has 0 unspecified atom stereocenters. The van der Waals surface area contributed by atoms with Gasteiger partial charge in [0.25, 0.3) is 0 Å². The smallest absolute Gasteiger partial charge is 0.371 e. The van der Waals surface area contributed by atoms with Gasteiger partial charge in [-0.25, -0.2) is 18.2 Å². The molecule has 0 bridgehead atoms. The van der Waals surface area contributed by atoms with Gasteiger partial charge in [0.1, 0.15) is 12.4 Å². The molecular formula is C22H27N3O6S2. The number of rotatable bonds is 11. The zero-order chi connectivity index (χ0) is 24.4. The highest BCUT2D eigenvalue weighted by atomic mass is 32.2. The van der Waals surface area contributed by atoms with Crippen LogP contribution < -0.4 is 5.73 Å². The number of aliphatic hydroxyl groups excluding tert-OH is 1. The normalized spacial score (nSPS) is 12.1. The van der Waals surface area contributed by atoms with Crippen LogP contribution in [0.3, 0.4) is 0 Å². The molecule has 2 aromatic rings. The third kappa shape index (κ3) is 7.88. The lowest BCUT2D eigenvalue weighted by atomic mass is 10.2. The van der Waals surface area contributed by atoms with Crippen molar-refractivity contribution in [3.63, 3.8) is 0 Å².